The summed E-state index contributed by atoms with van der Waals surface area (Å²) in [5.41, 5.74) is 20.9. The van der Waals surface area contributed by atoms with Crippen LogP contribution in [0.1, 0.15) is 36.7 Å². The Balaban J connectivity index is 1.53. The molecule has 3 aromatic heterocycles. The van der Waals surface area contributed by atoms with Gasteiger partial charge in [0, 0.05) is 67.1 Å². The minimum absolute atomic E-state index is 0.00919. The van der Waals surface area contributed by atoms with Crippen LogP contribution in [-0.2, 0) is 43.2 Å². The lowest BCUT2D eigenvalue weighted by atomic mass is 10.0. The van der Waals surface area contributed by atoms with Crippen molar-refractivity contribution >= 4 is 57.7 Å². The van der Waals surface area contributed by atoms with E-state index in [1.807, 2.05) is 24.3 Å². The summed E-state index contributed by atoms with van der Waals surface area (Å²) in [7, 11) is 0. The van der Waals surface area contributed by atoms with E-state index in [-0.39, 0.29) is 44.6 Å². The molecule has 1 unspecified atom stereocenters. The largest absolute Gasteiger partial charge is 0.370 e. The Morgan fingerprint density at radius 2 is 1.57 bits per heavy atom. The van der Waals surface area contributed by atoms with E-state index in [0.717, 1.165) is 16.5 Å². The second kappa shape index (κ2) is 17.4. The molecule has 0 fully saturated rings. The fraction of sp³-hybridized carbons (Fsp3) is 0.355. The molecule has 1 aromatic carbocycles. The summed E-state index contributed by atoms with van der Waals surface area (Å²) in [6.07, 6.45) is 5.25. The number of aromatic nitrogens is 4. The van der Waals surface area contributed by atoms with Gasteiger partial charge in [-0.05, 0) is 24.5 Å². The van der Waals surface area contributed by atoms with Crippen LogP contribution in [0.3, 0.4) is 0 Å². The average molecular weight is 693 g/mol. The molecule has 49 heavy (non-hydrogen) atoms. The van der Waals surface area contributed by atoms with E-state index in [0.29, 0.717) is 11.4 Å². The van der Waals surface area contributed by atoms with Crippen LogP contribution < -0.4 is 38.5 Å². The highest BCUT2D eigenvalue weighted by Crippen LogP contribution is 2.19. The van der Waals surface area contributed by atoms with Crippen LogP contribution in [0.15, 0.2) is 58.9 Å². The smallest absolute Gasteiger partial charge is 0.243 e. The van der Waals surface area contributed by atoms with Gasteiger partial charge in [0.2, 0.25) is 29.5 Å². The van der Waals surface area contributed by atoms with E-state index in [1.165, 1.54) is 30.8 Å². The first-order valence-electron chi connectivity index (χ1n) is 15.4. The maximum atomic E-state index is 13.8. The predicted molar refractivity (Wildman–Crippen MR) is 183 cm³/mol. The van der Waals surface area contributed by atoms with Crippen molar-refractivity contribution in [1.29, 1.82) is 0 Å². The minimum Gasteiger partial charge on any atom is -0.370 e. The number of nitrogens with one attached hydrogen (secondary N) is 6. The van der Waals surface area contributed by atoms with Crippen molar-refractivity contribution in [3.05, 3.63) is 70.8 Å². The average Bonchev–Trinajstić information content (AvgIpc) is 3.84. The lowest BCUT2D eigenvalue weighted by Crippen LogP contribution is -2.59. The number of benzene rings is 1. The number of nitrogens with zero attached hydrogens (tertiary/aromatic N) is 3. The molecule has 5 amide bonds. The molecule has 0 bridgehead atoms. The number of primary amides is 1. The van der Waals surface area contributed by atoms with E-state index < -0.39 is 53.7 Å². The summed E-state index contributed by atoms with van der Waals surface area (Å²) >= 11 is 1.31. The quantitative estimate of drug-likeness (QED) is 0.0346. The van der Waals surface area contributed by atoms with Crippen molar-refractivity contribution in [2.24, 2.45) is 22.2 Å². The van der Waals surface area contributed by atoms with Crippen LogP contribution in [0.4, 0.5) is 0 Å². The number of aliphatic imine (C=N–C) groups is 1. The Hall–Kier alpha value is -5.78. The zero-order valence-electron chi connectivity index (χ0n) is 26.8. The monoisotopic (exact) mass is 692 g/mol. The summed E-state index contributed by atoms with van der Waals surface area (Å²) < 4.78 is 0. The number of para-hydroxylation sites is 1. The van der Waals surface area contributed by atoms with Gasteiger partial charge < -0.3 is 48.4 Å². The van der Waals surface area contributed by atoms with Crippen molar-refractivity contribution in [3.8, 4) is 0 Å². The number of H-pyrrole nitrogens is 2. The first-order valence-corrected chi connectivity index (χ1v) is 16.4. The highest BCUT2D eigenvalue weighted by atomic mass is 32.1. The maximum Gasteiger partial charge on any atom is 0.243 e. The minimum atomic E-state index is -1.20. The van der Waals surface area contributed by atoms with Crippen LogP contribution in [0.5, 0.6) is 0 Å². The standard InChI is InChI=1S/C31H40N12O5S/c1-17(44)40-25(10-19-13-35-15-38-19)29(47)43-26(11-20-14-49-16-39-20)30(48)41-23(7-4-8-36-31(33)34)28(46)42-24(27(32)45)9-18-12-37-22-6-3-2-5-21(18)22/h2-3,5-6,12-16,23-26,37H,4,7-11H2,1H3,(H2,32,45)(H,35,38)(H,40,44)(H,41,48)(H,42,46)(H,43,47)(H4,33,34,36)/t23-,24-,25-,26?/m0/s1. The molecule has 260 valence electrons. The highest BCUT2D eigenvalue weighted by molar-refractivity contribution is 7.07. The number of carbonyl (C=O) groups is 5. The van der Waals surface area contributed by atoms with E-state index in [2.05, 4.69) is 46.2 Å². The first-order chi connectivity index (χ1) is 23.5. The van der Waals surface area contributed by atoms with Crippen molar-refractivity contribution in [3.63, 3.8) is 0 Å². The number of nitrogens with two attached hydrogens (primary N) is 3. The highest BCUT2D eigenvalue weighted by Gasteiger charge is 2.31. The van der Waals surface area contributed by atoms with Crippen molar-refractivity contribution < 1.29 is 24.0 Å². The predicted octanol–water partition coefficient (Wildman–Crippen LogP) is -1.13. The van der Waals surface area contributed by atoms with Crippen LogP contribution in [0, 0.1) is 0 Å². The van der Waals surface area contributed by atoms with Gasteiger partial charge in [0.15, 0.2) is 5.96 Å². The number of aromatic amines is 2. The van der Waals surface area contributed by atoms with Crippen molar-refractivity contribution in [2.45, 2.75) is 63.2 Å². The molecule has 12 N–H and O–H groups in total. The Morgan fingerprint density at radius 3 is 2.22 bits per heavy atom. The molecule has 0 aliphatic carbocycles. The van der Waals surface area contributed by atoms with E-state index >= 15 is 0 Å². The number of thiazole rings is 1. The zero-order chi connectivity index (χ0) is 35.3. The molecule has 0 saturated carbocycles. The Kier molecular flexibility index (Phi) is 12.8. The fourth-order valence-corrected chi connectivity index (χ4v) is 5.73. The summed E-state index contributed by atoms with van der Waals surface area (Å²) in [6, 6.07) is 2.99. The van der Waals surface area contributed by atoms with Gasteiger partial charge in [-0.3, -0.25) is 29.0 Å². The molecule has 0 aliphatic heterocycles. The van der Waals surface area contributed by atoms with Gasteiger partial charge in [-0.1, -0.05) is 18.2 Å². The van der Waals surface area contributed by atoms with Crippen molar-refractivity contribution in [2.75, 3.05) is 6.54 Å². The second-order valence-electron chi connectivity index (χ2n) is 11.3. The molecule has 4 rings (SSSR count). The third-order valence-corrected chi connectivity index (χ3v) is 8.18. The number of carbonyl (C=O) groups excluding carboxylic acids is 5. The molecular formula is C31H40N12O5S. The van der Waals surface area contributed by atoms with Gasteiger partial charge in [-0.2, -0.15) is 0 Å². The van der Waals surface area contributed by atoms with Crippen molar-refractivity contribution in [1.82, 2.24) is 41.2 Å². The topological polar surface area (TPSA) is 281 Å². The zero-order valence-corrected chi connectivity index (χ0v) is 27.6. The molecule has 0 radical (unpaired) electrons. The number of hydrogen-bond acceptors (Lipinski definition) is 9. The molecule has 3 heterocycles. The summed E-state index contributed by atoms with van der Waals surface area (Å²) in [6.45, 7) is 1.44. The van der Waals surface area contributed by atoms with Gasteiger partial charge in [-0.25, -0.2) is 9.97 Å². The van der Waals surface area contributed by atoms with Crippen LogP contribution in [-0.4, -0.2) is 86.1 Å². The normalized spacial score (nSPS) is 13.4. The Morgan fingerprint density at radius 1 is 0.878 bits per heavy atom. The van der Waals surface area contributed by atoms with Gasteiger partial charge in [0.1, 0.15) is 24.2 Å². The molecule has 0 spiro atoms. The van der Waals surface area contributed by atoms with Gasteiger partial charge >= 0.3 is 0 Å². The third kappa shape index (κ3) is 10.9. The molecule has 4 aromatic rings. The Bertz CT molecular complexity index is 1750. The molecule has 17 nitrogen and oxygen atoms in total. The van der Waals surface area contributed by atoms with Crippen LogP contribution in [0.2, 0.25) is 0 Å². The van der Waals surface area contributed by atoms with Gasteiger partial charge in [0.05, 0.1) is 17.5 Å². The molecule has 0 saturated heterocycles. The molecule has 0 aliphatic rings. The van der Waals surface area contributed by atoms with Crippen LogP contribution in [0.25, 0.3) is 10.9 Å². The lowest BCUT2D eigenvalue weighted by Gasteiger charge is -2.26. The molecule has 4 atom stereocenters. The molecule has 18 heteroatoms. The molecular weight excluding hydrogens is 652 g/mol. The fourth-order valence-electron chi connectivity index (χ4n) is 5.16. The van der Waals surface area contributed by atoms with Gasteiger partial charge in [0.25, 0.3) is 0 Å². The van der Waals surface area contributed by atoms with E-state index in [4.69, 9.17) is 17.2 Å². The number of guanidine groups is 1. The SMILES string of the molecule is CC(=O)N[C@@H](Cc1cnc[nH]1)C(=O)NC(Cc1cscn1)C(=O)N[C@@H](CCCN=C(N)N)C(=O)N[C@@H](Cc1c[nH]c2ccccc12)C(N)=O. The number of amides is 5. The summed E-state index contributed by atoms with van der Waals surface area (Å²) in [5, 5.41) is 13.3. The summed E-state index contributed by atoms with van der Waals surface area (Å²) in [4.78, 5) is 83.6. The number of hydrogen-bond donors (Lipinski definition) is 9. The summed E-state index contributed by atoms with van der Waals surface area (Å²) in [5.74, 6) is -3.35. The maximum absolute atomic E-state index is 13.8. The number of rotatable bonds is 18. The van der Waals surface area contributed by atoms with E-state index in [9.17, 15) is 24.0 Å². The third-order valence-electron chi connectivity index (χ3n) is 7.54. The Labute approximate surface area is 285 Å². The second-order valence-corrected chi connectivity index (χ2v) is 12.0. The first kappa shape index (κ1) is 36.1. The van der Waals surface area contributed by atoms with Gasteiger partial charge in [-0.15, -0.1) is 11.3 Å². The number of fused-ring (bicyclic) bond motifs is 1. The van der Waals surface area contributed by atoms with E-state index in [1.54, 1.807) is 17.1 Å². The lowest BCUT2D eigenvalue weighted by molar-refractivity contribution is -0.134. The number of imidazole rings is 1. The van der Waals surface area contributed by atoms with Crippen LogP contribution >= 0.6 is 11.3 Å².